The minimum Gasteiger partial charge on any atom is -0.336 e. The highest BCUT2D eigenvalue weighted by Crippen LogP contribution is 2.22. The van der Waals surface area contributed by atoms with Gasteiger partial charge in [0.15, 0.2) is 0 Å². The van der Waals surface area contributed by atoms with Crippen LogP contribution in [-0.4, -0.2) is 39.6 Å². The van der Waals surface area contributed by atoms with Crippen LogP contribution in [0.2, 0.25) is 0 Å². The van der Waals surface area contributed by atoms with Crippen LogP contribution >= 0.6 is 22.9 Å². The number of amides is 1. The van der Waals surface area contributed by atoms with Gasteiger partial charge in [-0.15, -0.1) is 0 Å². The van der Waals surface area contributed by atoms with Crippen LogP contribution in [0.25, 0.3) is 0 Å². The summed E-state index contributed by atoms with van der Waals surface area (Å²) in [5, 5.41) is 0. The standard InChI is InChI=1S/C10H15IN2O/c1-8-7-12(5-6-13(8)11)10(14)9-3-2-4-9/h3,8H,2,4-7H2,1H3/t8-/m0/s1. The average Bonchev–Trinajstić information content (AvgIpc) is 2.06. The quantitative estimate of drug-likeness (QED) is 0.542. The Morgan fingerprint density at radius 2 is 2.29 bits per heavy atom. The van der Waals surface area contributed by atoms with Crippen LogP contribution in [0.4, 0.5) is 0 Å². The minimum atomic E-state index is 0.271. The molecule has 0 unspecified atom stereocenters. The Balaban J connectivity index is 1.95. The summed E-state index contributed by atoms with van der Waals surface area (Å²) >= 11 is 2.34. The van der Waals surface area contributed by atoms with Crippen molar-refractivity contribution in [2.75, 3.05) is 19.6 Å². The molecule has 2 aliphatic rings. The summed E-state index contributed by atoms with van der Waals surface area (Å²) < 4.78 is 2.27. The van der Waals surface area contributed by atoms with Gasteiger partial charge < -0.3 is 4.90 Å². The van der Waals surface area contributed by atoms with Crippen molar-refractivity contribution < 1.29 is 4.79 Å². The van der Waals surface area contributed by atoms with E-state index in [1.54, 1.807) is 0 Å². The predicted molar refractivity (Wildman–Crippen MR) is 64.1 cm³/mol. The third kappa shape index (κ3) is 1.95. The van der Waals surface area contributed by atoms with Gasteiger partial charge in [0, 0.05) is 54.1 Å². The summed E-state index contributed by atoms with van der Waals surface area (Å²) in [5.41, 5.74) is 1.03. The molecule has 0 aromatic heterocycles. The highest BCUT2D eigenvalue weighted by Gasteiger charge is 2.28. The number of nitrogens with zero attached hydrogens (tertiary/aromatic N) is 2. The van der Waals surface area contributed by atoms with Crippen molar-refractivity contribution in [3.63, 3.8) is 0 Å². The summed E-state index contributed by atoms with van der Waals surface area (Å²) in [7, 11) is 0. The van der Waals surface area contributed by atoms with E-state index in [1.807, 2.05) is 4.90 Å². The lowest BCUT2D eigenvalue weighted by Gasteiger charge is -2.37. The number of hydrogen-bond donors (Lipinski definition) is 0. The molecule has 3 nitrogen and oxygen atoms in total. The zero-order chi connectivity index (χ0) is 10.1. The fourth-order valence-corrected chi connectivity index (χ4v) is 2.20. The van der Waals surface area contributed by atoms with E-state index in [1.165, 1.54) is 0 Å². The monoisotopic (exact) mass is 306 g/mol. The van der Waals surface area contributed by atoms with Crippen LogP contribution in [0.5, 0.6) is 0 Å². The lowest BCUT2D eigenvalue weighted by Crippen LogP contribution is -2.50. The molecule has 0 aromatic carbocycles. The second-order valence-corrected chi connectivity index (χ2v) is 5.23. The molecule has 0 bridgehead atoms. The first-order valence-electron chi connectivity index (χ1n) is 5.09. The lowest BCUT2D eigenvalue weighted by molar-refractivity contribution is -0.129. The van der Waals surface area contributed by atoms with Gasteiger partial charge in [-0.2, -0.15) is 0 Å². The average molecular weight is 306 g/mol. The third-order valence-electron chi connectivity index (χ3n) is 2.91. The van der Waals surface area contributed by atoms with Crippen molar-refractivity contribution >= 4 is 28.8 Å². The van der Waals surface area contributed by atoms with E-state index in [4.69, 9.17) is 0 Å². The first-order chi connectivity index (χ1) is 6.68. The molecule has 1 saturated heterocycles. The number of carbonyl (C=O) groups is 1. The van der Waals surface area contributed by atoms with E-state index in [-0.39, 0.29) is 5.91 Å². The molecule has 0 spiro atoms. The first kappa shape index (κ1) is 10.4. The third-order valence-corrected chi connectivity index (χ3v) is 4.35. The van der Waals surface area contributed by atoms with Crippen molar-refractivity contribution in [1.29, 1.82) is 0 Å². The van der Waals surface area contributed by atoms with Crippen LogP contribution in [0, 0.1) is 0 Å². The van der Waals surface area contributed by atoms with Crippen molar-refractivity contribution in [3.05, 3.63) is 11.6 Å². The molecule has 0 saturated carbocycles. The van der Waals surface area contributed by atoms with Gasteiger partial charge >= 0.3 is 0 Å². The van der Waals surface area contributed by atoms with Crippen LogP contribution < -0.4 is 0 Å². The fraction of sp³-hybridized carbons (Fsp3) is 0.700. The van der Waals surface area contributed by atoms with Crippen LogP contribution in [0.3, 0.4) is 0 Å². The SMILES string of the molecule is C[C@H]1CN(C(=O)C2=CCC2)CCN1I. The van der Waals surface area contributed by atoms with Gasteiger partial charge in [0.2, 0.25) is 5.91 Å². The first-order valence-corrected chi connectivity index (χ1v) is 6.05. The molecule has 1 aliphatic heterocycles. The van der Waals surface area contributed by atoms with Gasteiger partial charge in [-0.1, -0.05) is 6.08 Å². The van der Waals surface area contributed by atoms with Gasteiger partial charge in [-0.25, -0.2) is 3.11 Å². The molecule has 1 fully saturated rings. The van der Waals surface area contributed by atoms with E-state index in [2.05, 4.69) is 39.0 Å². The molecule has 78 valence electrons. The molecule has 1 amide bonds. The summed E-state index contributed by atoms with van der Waals surface area (Å²) in [6.07, 6.45) is 4.13. The van der Waals surface area contributed by atoms with E-state index in [9.17, 15) is 4.79 Å². The van der Waals surface area contributed by atoms with Gasteiger partial charge in [-0.05, 0) is 19.8 Å². The van der Waals surface area contributed by atoms with E-state index < -0.39 is 0 Å². The van der Waals surface area contributed by atoms with Crippen molar-refractivity contribution in [2.24, 2.45) is 0 Å². The maximum atomic E-state index is 11.9. The van der Waals surface area contributed by atoms with Gasteiger partial charge in [0.05, 0.1) is 0 Å². The molecule has 14 heavy (non-hydrogen) atoms. The second kappa shape index (κ2) is 4.18. The Bertz CT molecular complexity index is 277. The lowest BCUT2D eigenvalue weighted by atomic mass is 9.97. The van der Waals surface area contributed by atoms with Crippen molar-refractivity contribution in [1.82, 2.24) is 8.01 Å². The number of hydrogen-bond acceptors (Lipinski definition) is 2. The molecule has 1 atom stereocenters. The highest BCUT2D eigenvalue weighted by molar-refractivity contribution is 14.1. The zero-order valence-electron chi connectivity index (χ0n) is 8.37. The number of rotatable bonds is 1. The normalized spacial score (nSPS) is 28.3. The van der Waals surface area contributed by atoms with Gasteiger partial charge in [-0.3, -0.25) is 4.79 Å². The Morgan fingerprint density at radius 3 is 2.79 bits per heavy atom. The smallest absolute Gasteiger partial charge is 0.249 e. The summed E-state index contributed by atoms with van der Waals surface area (Å²) in [5.74, 6) is 0.271. The molecule has 0 aromatic rings. The van der Waals surface area contributed by atoms with Crippen molar-refractivity contribution in [2.45, 2.75) is 25.8 Å². The van der Waals surface area contributed by atoms with Crippen molar-refractivity contribution in [3.8, 4) is 0 Å². The minimum absolute atomic E-state index is 0.271. The molecular formula is C10H15IN2O. The van der Waals surface area contributed by atoms with Crippen LogP contribution in [0.1, 0.15) is 19.8 Å². The second-order valence-electron chi connectivity index (χ2n) is 3.99. The summed E-state index contributed by atoms with van der Waals surface area (Å²) in [6, 6.07) is 0.481. The Labute approximate surface area is 98.6 Å². The molecule has 0 N–H and O–H groups in total. The molecule has 1 heterocycles. The maximum absolute atomic E-state index is 11.9. The predicted octanol–water partition coefficient (Wildman–Crippen LogP) is 1.59. The Morgan fingerprint density at radius 1 is 1.57 bits per heavy atom. The topological polar surface area (TPSA) is 23.6 Å². The van der Waals surface area contributed by atoms with Crippen LogP contribution in [0.15, 0.2) is 11.6 Å². The van der Waals surface area contributed by atoms with E-state index in [0.29, 0.717) is 6.04 Å². The maximum Gasteiger partial charge on any atom is 0.249 e. The number of piperazine rings is 1. The molecular weight excluding hydrogens is 291 g/mol. The molecule has 2 rings (SSSR count). The van der Waals surface area contributed by atoms with Gasteiger partial charge in [0.1, 0.15) is 0 Å². The zero-order valence-corrected chi connectivity index (χ0v) is 10.5. The Kier molecular flexibility index (Phi) is 3.11. The molecule has 1 aliphatic carbocycles. The van der Waals surface area contributed by atoms with E-state index >= 15 is 0 Å². The molecule has 0 radical (unpaired) electrons. The fourth-order valence-electron chi connectivity index (χ4n) is 1.81. The Hall–Kier alpha value is -0.100. The summed E-state index contributed by atoms with van der Waals surface area (Å²) in [6.45, 7) is 4.91. The number of carbonyl (C=O) groups excluding carboxylic acids is 1. The van der Waals surface area contributed by atoms with E-state index in [0.717, 1.165) is 38.0 Å². The number of halogens is 1. The number of allylic oxidation sites excluding steroid dienone is 1. The van der Waals surface area contributed by atoms with Gasteiger partial charge in [0.25, 0.3) is 0 Å². The largest absolute Gasteiger partial charge is 0.336 e. The van der Waals surface area contributed by atoms with Crippen LogP contribution in [-0.2, 0) is 4.79 Å². The summed E-state index contributed by atoms with van der Waals surface area (Å²) in [4.78, 5) is 13.9. The highest BCUT2D eigenvalue weighted by atomic mass is 127. The molecule has 4 heteroatoms.